The third kappa shape index (κ3) is 3.94. The molecule has 0 bridgehead atoms. The Balaban J connectivity index is 2.02. The van der Waals surface area contributed by atoms with E-state index in [4.69, 9.17) is 0 Å². The molecular formula is C14H22N2O3S. The highest BCUT2D eigenvalue weighted by atomic mass is 32.2. The highest BCUT2D eigenvalue weighted by Crippen LogP contribution is 2.21. The molecule has 0 radical (unpaired) electrons. The lowest BCUT2D eigenvalue weighted by Gasteiger charge is -2.26. The number of aliphatic hydroxyl groups is 1. The van der Waals surface area contributed by atoms with Gasteiger partial charge in [0.25, 0.3) is 0 Å². The molecule has 0 atom stereocenters. The summed E-state index contributed by atoms with van der Waals surface area (Å²) in [6, 6.07) is 6.68. The summed E-state index contributed by atoms with van der Waals surface area (Å²) in [6.07, 6.45) is 2.42. The van der Waals surface area contributed by atoms with Crippen molar-refractivity contribution in [2.24, 2.45) is 0 Å². The number of rotatable bonds is 5. The van der Waals surface area contributed by atoms with Gasteiger partial charge < -0.3 is 10.4 Å². The minimum absolute atomic E-state index is 0.0724. The van der Waals surface area contributed by atoms with E-state index in [0.717, 1.165) is 12.2 Å². The van der Waals surface area contributed by atoms with Crippen LogP contribution in [0.5, 0.6) is 0 Å². The van der Waals surface area contributed by atoms with Gasteiger partial charge >= 0.3 is 0 Å². The van der Waals surface area contributed by atoms with Crippen LogP contribution >= 0.6 is 0 Å². The smallest absolute Gasteiger partial charge is 0.240 e. The number of sulfonamides is 1. The Kier molecular flexibility index (Phi) is 5.01. The molecule has 1 aromatic rings. The monoisotopic (exact) mass is 298 g/mol. The molecule has 0 unspecified atom stereocenters. The van der Waals surface area contributed by atoms with Gasteiger partial charge in [-0.1, -0.05) is 0 Å². The van der Waals surface area contributed by atoms with E-state index >= 15 is 0 Å². The van der Waals surface area contributed by atoms with E-state index in [1.807, 2.05) is 6.92 Å². The Morgan fingerprint density at radius 1 is 1.15 bits per heavy atom. The maximum atomic E-state index is 12.3. The molecule has 3 N–H and O–H groups in total. The molecule has 0 heterocycles. The second-order valence-electron chi connectivity index (χ2n) is 5.18. The molecule has 0 amide bonds. The van der Waals surface area contributed by atoms with E-state index in [9.17, 15) is 13.5 Å². The average molecular weight is 298 g/mol. The molecule has 0 aliphatic heterocycles. The summed E-state index contributed by atoms with van der Waals surface area (Å²) in [4.78, 5) is 0.283. The lowest BCUT2D eigenvalue weighted by molar-refractivity contribution is 0.120. The van der Waals surface area contributed by atoms with E-state index in [1.54, 1.807) is 24.3 Å². The van der Waals surface area contributed by atoms with Gasteiger partial charge in [0.15, 0.2) is 0 Å². The molecular weight excluding hydrogens is 276 g/mol. The zero-order chi connectivity index (χ0) is 14.6. The van der Waals surface area contributed by atoms with Crippen molar-refractivity contribution in [3.05, 3.63) is 24.3 Å². The van der Waals surface area contributed by atoms with Gasteiger partial charge in [-0.05, 0) is 56.9 Å². The highest BCUT2D eigenvalue weighted by molar-refractivity contribution is 7.89. The predicted octanol–water partition coefficient (Wildman–Crippen LogP) is 1.70. The molecule has 5 nitrogen and oxygen atoms in total. The summed E-state index contributed by atoms with van der Waals surface area (Å²) in [6.45, 7) is 2.79. The van der Waals surface area contributed by atoms with Crippen molar-refractivity contribution in [3.63, 3.8) is 0 Å². The standard InChI is InChI=1S/C14H22N2O3S/c1-2-15-11-5-9-14(10-6-11)20(18,19)16-12-3-7-13(17)8-4-12/h5-6,9-10,12-13,15-17H,2-4,7-8H2,1H3. The maximum absolute atomic E-state index is 12.3. The van der Waals surface area contributed by atoms with Crippen molar-refractivity contribution >= 4 is 15.7 Å². The van der Waals surface area contributed by atoms with Gasteiger partial charge in [-0.3, -0.25) is 0 Å². The molecule has 0 spiro atoms. The average Bonchev–Trinajstić information content (AvgIpc) is 2.42. The highest BCUT2D eigenvalue weighted by Gasteiger charge is 2.24. The zero-order valence-electron chi connectivity index (χ0n) is 11.7. The summed E-state index contributed by atoms with van der Waals surface area (Å²) in [5.41, 5.74) is 0.909. The third-order valence-electron chi connectivity index (χ3n) is 3.56. The van der Waals surface area contributed by atoms with Gasteiger partial charge in [-0.2, -0.15) is 0 Å². The first kappa shape index (κ1) is 15.3. The second-order valence-corrected chi connectivity index (χ2v) is 6.90. The van der Waals surface area contributed by atoms with Crippen molar-refractivity contribution in [2.45, 2.75) is 49.6 Å². The lowest BCUT2D eigenvalue weighted by Crippen LogP contribution is -2.38. The number of hydrogen-bond acceptors (Lipinski definition) is 4. The Bertz CT molecular complexity index is 520. The van der Waals surface area contributed by atoms with Gasteiger partial charge in [0.1, 0.15) is 0 Å². The third-order valence-corrected chi connectivity index (χ3v) is 5.10. The predicted molar refractivity (Wildman–Crippen MR) is 79.2 cm³/mol. The van der Waals surface area contributed by atoms with E-state index in [0.29, 0.717) is 25.7 Å². The van der Waals surface area contributed by atoms with Gasteiger partial charge in [0, 0.05) is 18.3 Å². The summed E-state index contributed by atoms with van der Waals surface area (Å²) >= 11 is 0. The quantitative estimate of drug-likeness (QED) is 0.773. The number of benzene rings is 1. The molecule has 6 heteroatoms. The van der Waals surface area contributed by atoms with Crippen LogP contribution in [0.25, 0.3) is 0 Å². The first-order chi connectivity index (χ1) is 9.51. The minimum atomic E-state index is -3.47. The van der Waals surface area contributed by atoms with Crippen LogP contribution in [0.3, 0.4) is 0 Å². The maximum Gasteiger partial charge on any atom is 0.240 e. The van der Waals surface area contributed by atoms with Crippen LogP contribution in [-0.2, 0) is 10.0 Å². The fourth-order valence-corrected chi connectivity index (χ4v) is 3.74. The summed E-state index contributed by atoms with van der Waals surface area (Å²) < 4.78 is 27.2. The Morgan fingerprint density at radius 3 is 2.30 bits per heavy atom. The van der Waals surface area contributed by atoms with Crippen LogP contribution in [0.15, 0.2) is 29.2 Å². The first-order valence-electron chi connectivity index (χ1n) is 7.05. The Hall–Kier alpha value is -1.11. The molecule has 1 fully saturated rings. The zero-order valence-corrected chi connectivity index (χ0v) is 12.5. The van der Waals surface area contributed by atoms with Crippen LogP contribution in [0, 0.1) is 0 Å². The number of hydrogen-bond donors (Lipinski definition) is 3. The normalized spacial score (nSPS) is 23.5. The molecule has 2 rings (SSSR count). The van der Waals surface area contributed by atoms with Crippen LogP contribution in [0.4, 0.5) is 5.69 Å². The molecule has 0 aromatic heterocycles. The summed E-state index contributed by atoms with van der Waals surface area (Å²) in [5, 5.41) is 12.6. The van der Waals surface area contributed by atoms with Gasteiger partial charge in [0.05, 0.1) is 11.0 Å². The molecule has 1 aromatic carbocycles. The van der Waals surface area contributed by atoms with Crippen molar-refractivity contribution in [3.8, 4) is 0 Å². The summed E-state index contributed by atoms with van der Waals surface area (Å²) in [7, 11) is -3.47. The van der Waals surface area contributed by atoms with Crippen molar-refractivity contribution in [1.82, 2.24) is 4.72 Å². The minimum Gasteiger partial charge on any atom is -0.393 e. The van der Waals surface area contributed by atoms with E-state index in [1.165, 1.54) is 0 Å². The molecule has 20 heavy (non-hydrogen) atoms. The molecule has 0 saturated heterocycles. The van der Waals surface area contributed by atoms with Crippen LogP contribution in [0.2, 0.25) is 0 Å². The Morgan fingerprint density at radius 2 is 1.75 bits per heavy atom. The fraction of sp³-hybridized carbons (Fsp3) is 0.571. The topological polar surface area (TPSA) is 78.4 Å². The van der Waals surface area contributed by atoms with E-state index in [2.05, 4.69) is 10.0 Å². The van der Waals surface area contributed by atoms with Crippen molar-refractivity contribution < 1.29 is 13.5 Å². The fourth-order valence-electron chi connectivity index (χ4n) is 2.44. The van der Waals surface area contributed by atoms with Gasteiger partial charge in [-0.25, -0.2) is 13.1 Å². The largest absolute Gasteiger partial charge is 0.393 e. The Labute approximate surface area is 120 Å². The second kappa shape index (κ2) is 6.56. The van der Waals surface area contributed by atoms with Crippen LogP contribution in [0.1, 0.15) is 32.6 Å². The molecule has 112 valence electrons. The molecule has 1 aliphatic rings. The van der Waals surface area contributed by atoms with Gasteiger partial charge in [0.2, 0.25) is 10.0 Å². The lowest BCUT2D eigenvalue weighted by atomic mass is 9.94. The summed E-state index contributed by atoms with van der Waals surface area (Å²) in [5.74, 6) is 0. The molecule has 1 aliphatic carbocycles. The van der Waals surface area contributed by atoms with Crippen molar-refractivity contribution in [2.75, 3.05) is 11.9 Å². The number of aliphatic hydroxyl groups excluding tert-OH is 1. The van der Waals surface area contributed by atoms with E-state index in [-0.39, 0.29) is 17.0 Å². The number of anilines is 1. The van der Waals surface area contributed by atoms with Crippen LogP contribution in [-0.4, -0.2) is 32.2 Å². The SMILES string of the molecule is CCNc1ccc(S(=O)(=O)NC2CCC(O)CC2)cc1. The molecule has 1 saturated carbocycles. The van der Waals surface area contributed by atoms with Crippen LogP contribution < -0.4 is 10.0 Å². The van der Waals surface area contributed by atoms with Gasteiger partial charge in [-0.15, -0.1) is 0 Å². The van der Waals surface area contributed by atoms with E-state index < -0.39 is 10.0 Å². The first-order valence-corrected chi connectivity index (χ1v) is 8.54. The van der Waals surface area contributed by atoms with Crippen molar-refractivity contribution in [1.29, 1.82) is 0 Å². The number of nitrogens with one attached hydrogen (secondary N) is 2.